The van der Waals surface area contributed by atoms with Crippen LogP contribution in [0.4, 0.5) is 0 Å². The van der Waals surface area contributed by atoms with E-state index in [4.69, 9.17) is 4.74 Å². The number of carbonyl (C=O) groups is 2. The molecular weight excluding hydrogens is 344 g/mol. The zero-order valence-corrected chi connectivity index (χ0v) is 16.7. The van der Waals surface area contributed by atoms with Gasteiger partial charge < -0.3 is 14.9 Å². The van der Waals surface area contributed by atoms with Gasteiger partial charge in [0.15, 0.2) is 0 Å². The highest BCUT2D eigenvalue weighted by Gasteiger charge is 2.69. The van der Waals surface area contributed by atoms with Crippen molar-refractivity contribution < 1.29 is 24.5 Å². The Balaban J connectivity index is 1.78. The van der Waals surface area contributed by atoms with Crippen molar-refractivity contribution in [3.8, 4) is 0 Å². The third-order valence-corrected chi connectivity index (χ3v) is 9.06. The summed E-state index contributed by atoms with van der Waals surface area (Å²) in [7, 11) is 0. The van der Waals surface area contributed by atoms with Crippen molar-refractivity contribution in [2.45, 2.75) is 77.9 Å². The summed E-state index contributed by atoms with van der Waals surface area (Å²) >= 11 is 0. The van der Waals surface area contributed by atoms with Gasteiger partial charge in [-0.05, 0) is 68.3 Å². The van der Waals surface area contributed by atoms with E-state index in [9.17, 15) is 19.8 Å². The Kier molecular flexibility index (Phi) is 4.09. The molecule has 150 valence electrons. The molecule has 5 heteroatoms. The molecule has 4 fully saturated rings. The number of ether oxygens (including phenoxy) is 1. The minimum Gasteiger partial charge on any atom is -0.481 e. The number of carboxylic acid groups (broad SMARTS) is 1. The third kappa shape index (κ3) is 2.33. The van der Waals surface area contributed by atoms with Crippen molar-refractivity contribution in [2.24, 2.45) is 34.0 Å². The molecule has 0 radical (unpaired) electrons. The molecule has 0 aromatic heterocycles. The summed E-state index contributed by atoms with van der Waals surface area (Å²) in [5.41, 5.74) is -0.315. The first-order valence-electron chi connectivity index (χ1n) is 10.3. The van der Waals surface area contributed by atoms with Crippen LogP contribution in [0.1, 0.15) is 65.7 Å². The summed E-state index contributed by atoms with van der Waals surface area (Å²) < 4.78 is 5.68. The van der Waals surface area contributed by atoms with Gasteiger partial charge in [-0.1, -0.05) is 19.9 Å². The molecule has 5 nitrogen and oxygen atoms in total. The van der Waals surface area contributed by atoms with Crippen LogP contribution in [-0.4, -0.2) is 34.4 Å². The van der Waals surface area contributed by atoms with E-state index in [0.717, 1.165) is 37.7 Å². The molecule has 27 heavy (non-hydrogen) atoms. The molecule has 2 bridgehead atoms. The van der Waals surface area contributed by atoms with E-state index in [1.807, 2.05) is 6.92 Å². The maximum Gasteiger partial charge on any atom is 0.309 e. The molecule has 0 heterocycles. The SMILES string of the molecule is C=C1[C@H]2C[C@@]3(CC[C@H]4[C@@](C)(CCC[C@@]4(C)C(=O)O)[C@@H]3C[C@@H]2OC(C)=O)[C@H]1O. The van der Waals surface area contributed by atoms with Gasteiger partial charge in [0.05, 0.1) is 11.5 Å². The van der Waals surface area contributed by atoms with E-state index in [1.54, 1.807) is 0 Å². The van der Waals surface area contributed by atoms with Crippen LogP contribution in [0.15, 0.2) is 12.2 Å². The van der Waals surface area contributed by atoms with E-state index in [-0.39, 0.29) is 40.7 Å². The number of aliphatic hydroxyl groups is 1. The van der Waals surface area contributed by atoms with Crippen LogP contribution < -0.4 is 0 Å². The van der Waals surface area contributed by atoms with Gasteiger partial charge >= 0.3 is 11.9 Å². The standard InChI is InChI=1S/C22H32O5/c1-12-14-11-22(18(12)24)9-6-16-20(3,7-5-8-21(16,4)19(25)26)17(22)10-15(14)27-13(2)23/h14-18,24H,1,5-11H2,2-4H3,(H,25,26)/t14-,15+,16+,17+,18+,20-,21-,22-/m1/s1. The lowest BCUT2D eigenvalue weighted by molar-refractivity contribution is -0.200. The zero-order chi connectivity index (χ0) is 19.8. The molecule has 0 aromatic rings. The van der Waals surface area contributed by atoms with E-state index < -0.39 is 17.5 Å². The predicted octanol–water partition coefficient (Wildman–Crippen LogP) is 3.55. The molecule has 0 aromatic carbocycles. The molecule has 2 N–H and O–H groups in total. The summed E-state index contributed by atoms with van der Waals surface area (Å²) in [4.78, 5) is 23.9. The van der Waals surface area contributed by atoms with E-state index in [0.29, 0.717) is 12.8 Å². The van der Waals surface area contributed by atoms with Crippen molar-refractivity contribution >= 4 is 11.9 Å². The number of carboxylic acids is 1. The Morgan fingerprint density at radius 3 is 2.52 bits per heavy atom. The molecule has 1 spiro atoms. The minimum atomic E-state index is -0.719. The van der Waals surface area contributed by atoms with Crippen molar-refractivity contribution in [3.63, 3.8) is 0 Å². The quantitative estimate of drug-likeness (QED) is 0.569. The Morgan fingerprint density at radius 1 is 1.19 bits per heavy atom. The Morgan fingerprint density at radius 2 is 1.89 bits per heavy atom. The number of carbonyl (C=O) groups excluding carboxylic acids is 1. The molecule has 4 aliphatic carbocycles. The first-order chi connectivity index (χ1) is 12.6. The van der Waals surface area contributed by atoms with Gasteiger partial charge in [-0.25, -0.2) is 0 Å². The lowest BCUT2D eigenvalue weighted by atomic mass is 9.40. The average molecular weight is 376 g/mol. The first kappa shape index (κ1) is 19.0. The number of aliphatic carboxylic acids is 1. The maximum atomic E-state index is 12.2. The van der Waals surface area contributed by atoms with Gasteiger partial charge in [0.2, 0.25) is 0 Å². The monoisotopic (exact) mass is 376 g/mol. The molecule has 4 rings (SSSR count). The lowest BCUT2D eigenvalue weighted by Crippen LogP contribution is -2.61. The lowest BCUT2D eigenvalue weighted by Gasteiger charge is -2.64. The van der Waals surface area contributed by atoms with Crippen LogP contribution >= 0.6 is 0 Å². The highest BCUT2D eigenvalue weighted by Crippen LogP contribution is 2.72. The summed E-state index contributed by atoms with van der Waals surface area (Å²) in [6.45, 7) is 9.75. The van der Waals surface area contributed by atoms with Crippen molar-refractivity contribution in [2.75, 3.05) is 0 Å². The van der Waals surface area contributed by atoms with Gasteiger partial charge in [0.25, 0.3) is 0 Å². The Hall–Kier alpha value is -1.36. The minimum absolute atomic E-state index is 0.0229. The first-order valence-corrected chi connectivity index (χ1v) is 10.3. The average Bonchev–Trinajstić information content (AvgIpc) is 2.78. The summed E-state index contributed by atoms with van der Waals surface area (Å²) in [6.07, 6.45) is 4.95. The third-order valence-electron chi connectivity index (χ3n) is 9.06. The van der Waals surface area contributed by atoms with E-state index in [1.165, 1.54) is 6.92 Å². The molecule has 0 unspecified atom stereocenters. The summed E-state index contributed by atoms with van der Waals surface area (Å²) in [5.74, 6) is -0.732. The van der Waals surface area contributed by atoms with Crippen molar-refractivity contribution in [1.82, 2.24) is 0 Å². The fourth-order valence-corrected chi connectivity index (χ4v) is 7.89. The Labute approximate surface area is 161 Å². The second kappa shape index (κ2) is 5.82. The van der Waals surface area contributed by atoms with Gasteiger partial charge in [0.1, 0.15) is 6.10 Å². The maximum absolute atomic E-state index is 12.2. The second-order valence-electron chi connectivity index (χ2n) is 10.1. The Bertz CT molecular complexity index is 701. The van der Waals surface area contributed by atoms with Gasteiger partial charge in [0, 0.05) is 18.3 Å². The predicted molar refractivity (Wildman–Crippen MR) is 99.8 cm³/mol. The molecule has 4 aliphatic rings. The van der Waals surface area contributed by atoms with Crippen molar-refractivity contribution in [1.29, 1.82) is 0 Å². The molecule has 0 saturated heterocycles. The fourth-order valence-electron chi connectivity index (χ4n) is 7.89. The van der Waals surface area contributed by atoms with Gasteiger partial charge in [-0.2, -0.15) is 0 Å². The topological polar surface area (TPSA) is 83.8 Å². The molecule has 0 amide bonds. The van der Waals surface area contributed by atoms with Crippen LogP contribution in [0.5, 0.6) is 0 Å². The highest BCUT2D eigenvalue weighted by molar-refractivity contribution is 5.75. The molecular formula is C22H32O5. The number of rotatable bonds is 2. The number of hydrogen-bond donors (Lipinski definition) is 2. The molecule has 8 atom stereocenters. The van der Waals surface area contributed by atoms with Gasteiger partial charge in [-0.15, -0.1) is 0 Å². The van der Waals surface area contributed by atoms with Crippen molar-refractivity contribution in [3.05, 3.63) is 12.2 Å². The second-order valence-corrected chi connectivity index (χ2v) is 10.1. The summed E-state index contributed by atoms with van der Waals surface area (Å²) in [5, 5.41) is 21.2. The summed E-state index contributed by atoms with van der Waals surface area (Å²) in [6, 6.07) is 0. The zero-order valence-electron chi connectivity index (χ0n) is 16.7. The fraction of sp³-hybridized carbons (Fsp3) is 0.818. The van der Waals surface area contributed by atoms with Crippen LogP contribution in [0.3, 0.4) is 0 Å². The van der Waals surface area contributed by atoms with Crippen LogP contribution in [0.25, 0.3) is 0 Å². The highest BCUT2D eigenvalue weighted by atomic mass is 16.5. The van der Waals surface area contributed by atoms with E-state index in [2.05, 4.69) is 13.5 Å². The van der Waals surface area contributed by atoms with Gasteiger partial charge in [-0.3, -0.25) is 9.59 Å². The smallest absolute Gasteiger partial charge is 0.309 e. The largest absolute Gasteiger partial charge is 0.481 e. The number of fused-ring (bicyclic) bond motifs is 3. The molecule has 0 aliphatic heterocycles. The van der Waals surface area contributed by atoms with Crippen LogP contribution in [0.2, 0.25) is 0 Å². The number of hydrogen-bond acceptors (Lipinski definition) is 4. The molecule has 4 saturated carbocycles. The normalized spacial score (nSPS) is 51.3. The number of esters is 1. The van der Waals surface area contributed by atoms with E-state index >= 15 is 0 Å². The number of aliphatic hydroxyl groups excluding tert-OH is 1. The van der Waals surface area contributed by atoms with Crippen LogP contribution in [0, 0.1) is 34.0 Å². The van der Waals surface area contributed by atoms with Crippen LogP contribution in [-0.2, 0) is 14.3 Å².